The van der Waals surface area contributed by atoms with Crippen molar-refractivity contribution >= 4 is 27.8 Å². The monoisotopic (exact) mass is 503 g/mol. The predicted octanol–water partition coefficient (Wildman–Crippen LogP) is 5.54. The van der Waals surface area contributed by atoms with E-state index in [0.717, 1.165) is 91.0 Å². The molecule has 7 nitrogen and oxygen atoms in total. The van der Waals surface area contributed by atoms with Crippen molar-refractivity contribution in [2.75, 3.05) is 45.9 Å². The Morgan fingerprint density at radius 3 is 2.59 bits per heavy atom. The zero-order chi connectivity index (χ0) is 25.6. The summed E-state index contributed by atoms with van der Waals surface area (Å²) in [7, 11) is 0. The Labute approximate surface area is 218 Å². The lowest BCUT2D eigenvalue weighted by Gasteiger charge is -2.34. The minimum absolute atomic E-state index is 0.126. The molecule has 0 aliphatic carbocycles. The summed E-state index contributed by atoms with van der Waals surface area (Å²) in [5.74, 6) is 1.77. The highest BCUT2D eigenvalue weighted by atomic mass is 16.5. The Kier molecular flexibility index (Phi) is 8.12. The first-order valence-electron chi connectivity index (χ1n) is 13.4. The van der Waals surface area contributed by atoms with Gasteiger partial charge in [-0.15, -0.1) is 0 Å². The van der Waals surface area contributed by atoms with Crippen LogP contribution < -0.4 is 10.1 Å². The highest BCUT2D eigenvalue weighted by molar-refractivity contribution is 5.95. The first-order valence-corrected chi connectivity index (χ1v) is 13.4. The standard InChI is InChI=1S/C30H37N3O4/c1-22(2)31-30(34)20-33-15-13-32(14-16-33)12-6-3-7-17-35-24-10-11-25-26(21-36-28(25)19-24)29-18-23-8-4-5-9-27(23)37-29/h4-5,8-11,18-19,21-22H,3,6-7,12-17,20H2,1-2H3,(H,31,34). The van der Waals surface area contributed by atoms with E-state index in [1.165, 1.54) is 0 Å². The maximum atomic E-state index is 11.9. The van der Waals surface area contributed by atoms with E-state index in [-0.39, 0.29) is 11.9 Å². The molecule has 1 N–H and O–H groups in total. The Morgan fingerprint density at radius 2 is 1.78 bits per heavy atom. The number of amides is 1. The predicted molar refractivity (Wildman–Crippen MR) is 147 cm³/mol. The van der Waals surface area contributed by atoms with Crippen LogP contribution in [0.15, 0.2) is 63.6 Å². The molecular formula is C30H37N3O4. The molecule has 5 rings (SSSR count). The Balaban J connectivity index is 1.01. The summed E-state index contributed by atoms with van der Waals surface area (Å²) < 4.78 is 17.8. The number of benzene rings is 2. The van der Waals surface area contributed by atoms with Gasteiger partial charge < -0.3 is 23.8 Å². The molecule has 1 amide bonds. The van der Waals surface area contributed by atoms with Crippen LogP contribution in [0.2, 0.25) is 0 Å². The Morgan fingerprint density at radius 1 is 0.973 bits per heavy atom. The number of furan rings is 2. The lowest BCUT2D eigenvalue weighted by atomic mass is 10.1. The molecule has 0 spiro atoms. The van der Waals surface area contributed by atoms with Crippen LogP contribution in [0, 0.1) is 0 Å². The third-order valence-corrected chi connectivity index (χ3v) is 6.91. The van der Waals surface area contributed by atoms with Gasteiger partial charge in [-0.1, -0.05) is 18.2 Å². The molecule has 2 aromatic heterocycles. The number of hydrogen-bond donors (Lipinski definition) is 1. The third-order valence-electron chi connectivity index (χ3n) is 6.91. The van der Waals surface area contributed by atoms with Gasteiger partial charge in [-0.25, -0.2) is 0 Å². The molecule has 0 radical (unpaired) electrons. The number of fused-ring (bicyclic) bond motifs is 2. The molecule has 0 atom stereocenters. The van der Waals surface area contributed by atoms with Gasteiger partial charge in [0, 0.05) is 49.1 Å². The molecule has 0 saturated carbocycles. The number of carbonyl (C=O) groups excluding carboxylic acids is 1. The Hall–Kier alpha value is -3.29. The number of carbonyl (C=O) groups is 1. The summed E-state index contributed by atoms with van der Waals surface area (Å²) in [5, 5.41) is 5.08. The number of hydrogen-bond acceptors (Lipinski definition) is 6. The van der Waals surface area contributed by atoms with Crippen molar-refractivity contribution in [2.24, 2.45) is 0 Å². The largest absolute Gasteiger partial charge is 0.493 e. The van der Waals surface area contributed by atoms with Crippen LogP contribution in [-0.4, -0.2) is 67.6 Å². The van der Waals surface area contributed by atoms with Gasteiger partial charge in [-0.2, -0.15) is 0 Å². The van der Waals surface area contributed by atoms with Crippen LogP contribution in [0.25, 0.3) is 33.3 Å². The van der Waals surface area contributed by atoms with Gasteiger partial charge in [0.2, 0.25) is 5.91 Å². The number of unbranched alkanes of at least 4 members (excludes halogenated alkanes) is 2. The fourth-order valence-corrected chi connectivity index (χ4v) is 4.95. The highest BCUT2D eigenvalue weighted by Gasteiger charge is 2.19. The van der Waals surface area contributed by atoms with Gasteiger partial charge in [0.05, 0.1) is 18.7 Å². The van der Waals surface area contributed by atoms with Crippen LogP contribution in [0.3, 0.4) is 0 Å². The second kappa shape index (κ2) is 11.8. The molecule has 0 bridgehead atoms. The summed E-state index contributed by atoms with van der Waals surface area (Å²) in [6.45, 7) is 10.3. The minimum atomic E-state index is 0.126. The van der Waals surface area contributed by atoms with Gasteiger partial charge >= 0.3 is 0 Å². The van der Waals surface area contributed by atoms with E-state index in [0.29, 0.717) is 13.2 Å². The summed E-state index contributed by atoms with van der Waals surface area (Å²) in [6.07, 6.45) is 5.08. The first kappa shape index (κ1) is 25.4. The van der Waals surface area contributed by atoms with E-state index in [1.54, 1.807) is 6.26 Å². The maximum Gasteiger partial charge on any atom is 0.234 e. The molecule has 1 saturated heterocycles. The van der Waals surface area contributed by atoms with Crippen molar-refractivity contribution in [3.05, 3.63) is 54.8 Å². The van der Waals surface area contributed by atoms with Crippen molar-refractivity contribution in [1.82, 2.24) is 15.1 Å². The zero-order valence-corrected chi connectivity index (χ0v) is 21.9. The van der Waals surface area contributed by atoms with Gasteiger partial charge in [-0.3, -0.25) is 9.69 Å². The molecule has 37 heavy (non-hydrogen) atoms. The summed E-state index contributed by atoms with van der Waals surface area (Å²) in [4.78, 5) is 16.7. The molecule has 1 aliphatic heterocycles. The van der Waals surface area contributed by atoms with Gasteiger partial charge in [-0.05, 0) is 63.9 Å². The van der Waals surface area contributed by atoms with Crippen molar-refractivity contribution in [1.29, 1.82) is 0 Å². The van der Waals surface area contributed by atoms with Crippen molar-refractivity contribution in [3.8, 4) is 17.1 Å². The van der Waals surface area contributed by atoms with Crippen LogP contribution in [-0.2, 0) is 4.79 Å². The minimum Gasteiger partial charge on any atom is -0.493 e. The average molecular weight is 504 g/mol. The molecule has 1 fully saturated rings. The number of nitrogens with one attached hydrogen (secondary N) is 1. The summed E-state index contributed by atoms with van der Waals surface area (Å²) >= 11 is 0. The molecule has 4 aromatic rings. The number of piperazine rings is 1. The van der Waals surface area contributed by atoms with Crippen LogP contribution in [0.5, 0.6) is 5.75 Å². The Bertz CT molecular complexity index is 1280. The smallest absolute Gasteiger partial charge is 0.234 e. The van der Waals surface area contributed by atoms with Crippen molar-refractivity contribution in [3.63, 3.8) is 0 Å². The number of para-hydroxylation sites is 1. The van der Waals surface area contributed by atoms with Gasteiger partial charge in [0.1, 0.15) is 28.9 Å². The van der Waals surface area contributed by atoms with E-state index in [9.17, 15) is 4.79 Å². The van der Waals surface area contributed by atoms with E-state index >= 15 is 0 Å². The molecule has 0 unspecified atom stereocenters. The second-order valence-electron chi connectivity index (χ2n) is 10.2. The molecule has 1 aliphatic rings. The lowest BCUT2D eigenvalue weighted by Crippen LogP contribution is -2.50. The second-order valence-corrected chi connectivity index (χ2v) is 10.2. The quantitative estimate of drug-likeness (QED) is 0.271. The van der Waals surface area contributed by atoms with Crippen LogP contribution in [0.4, 0.5) is 0 Å². The normalized spacial score (nSPS) is 15.1. The SMILES string of the molecule is CC(C)NC(=O)CN1CCN(CCCCCOc2ccc3c(-c4cc5ccccc5o4)coc3c2)CC1. The molecule has 196 valence electrons. The van der Waals surface area contributed by atoms with Gasteiger partial charge in [0.25, 0.3) is 0 Å². The number of rotatable bonds is 11. The first-order chi connectivity index (χ1) is 18.0. The van der Waals surface area contributed by atoms with Gasteiger partial charge in [0.15, 0.2) is 0 Å². The van der Waals surface area contributed by atoms with E-state index in [1.807, 2.05) is 56.3 Å². The molecule has 2 aromatic carbocycles. The van der Waals surface area contributed by atoms with Crippen LogP contribution in [0.1, 0.15) is 33.1 Å². The van der Waals surface area contributed by atoms with E-state index < -0.39 is 0 Å². The fraction of sp³-hybridized carbons (Fsp3) is 0.433. The number of nitrogens with zero attached hydrogens (tertiary/aromatic N) is 2. The third kappa shape index (κ3) is 6.53. The zero-order valence-electron chi connectivity index (χ0n) is 21.9. The van der Waals surface area contributed by atoms with E-state index in [2.05, 4.69) is 21.2 Å². The fourth-order valence-electron chi connectivity index (χ4n) is 4.95. The lowest BCUT2D eigenvalue weighted by molar-refractivity contribution is -0.123. The summed E-state index contributed by atoms with van der Waals surface area (Å²) in [6, 6.07) is 16.3. The van der Waals surface area contributed by atoms with Crippen molar-refractivity contribution < 1.29 is 18.4 Å². The molecule has 7 heteroatoms. The highest BCUT2D eigenvalue weighted by Crippen LogP contribution is 2.35. The summed E-state index contributed by atoms with van der Waals surface area (Å²) in [5.41, 5.74) is 2.63. The van der Waals surface area contributed by atoms with Crippen LogP contribution >= 0.6 is 0 Å². The molecular weight excluding hydrogens is 466 g/mol. The number of ether oxygens (including phenoxy) is 1. The maximum absolute atomic E-state index is 11.9. The average Bonchev–Trinajstić information content (AvgIpc) is 3.50. The van der Waals surface area contributed by atoms with Crippen molar-refractivity contribution in [2.45, 2.75) is 39.2 Å². The van der Waals surface area contributed by atoms with E-state index in [4.69, 9.17) is 13.6 Å². The topological polar surface area (TPSA) is 71.1 Å². The molecule has 3 heterocycles.